The van der Waals surface area contributed by atoms with E-state index in [2.05, 4.69) is 33.4 Å². The van der Waals surface area contributed by atoms with E-state index in [0.29, 0.717) is 6.04 Å². The summed E-state index contributed by atoms with van der Waals surface area (Å²) in [5.41, 5.74) is 0. The van der Waals surface area contributed by atoms with Crippen molar-refractivity contribution in [3.63, 3.8) is 0 Å². The Morgan fingerprint density at radius 3 is 2.88 bits per heavy atom. The second-order valence-electron chi connectivity index (χ2n) is 4.72. The number of rotatable bonds is 4. The maximum atomic E-state index is 9.98. The maximum Gasteiger partial charge on any atom is 0.0701 e. The second kappa shape index (κ2) is 6.88. The van der Waals surface area contributed by atoms with Crippen molar-refractivity contribution in [1.29, 1.82) is 0 Å². The normalized spacial score (nSPS) is 25.8. The van der Waals surface area contributed by atoms with Crippen LogP contribution in [-0.2, 0) is 6.42 Å². The molecular formula is C13H20BrNOS. The molecule has 2 unspecified atom stereocenters. The smallest absolute Gasteiger partial charge is 0.0701 e. The molecule has 0 aliphatic heterocycles. The lowest BCUT2D eigenvalue weighted by Gasteiger charge is -2.21. The van der Waals surface area contributed by atoms with Crippen molar-refractivity contribution in [2.24, 2.45) is 0 Å². The summed E-state index contributed by atoms with van der Waals surface area (Å²) in [7, 11) is 0. The van der Waals surface area contributed by atoms with Gasteiger partial charge in [0.25, 0.3) is 0 Å². The zero-order valence-corrected chi connectivity index (χ0v) is 12.4. The van der Waals surface area contributed by atoms with Crippen LogP contribution in [-0.4, -0.2) is 23.8 Å². The van der Waals surface area contributed by atoms with Gasteiger partial charge in [-0.25, -0.2) is 0 Å². The van der Waals surface area contributed by atoms with E-state index < -0.39 is 0 Å². The van der Waals surface area contributed by atoms with Crippen LogP contribution in [0.1, 0.15) is 37.0 Å². The highest BCUT2D eigenvalue weighted by molar-refractivity contribution is 9.11. The van der Waals surface area contributed by atoms with Gasteiger partial charge in [-0.1, -0.05) is 19.3 Å². The molecule has 2 atom stereocenters. The van der Waals surface area contributed by atoms with E-state index in [1.54, 1.807) is 11.3 Å². The first-order valence-corrected chi connectivity index (χ1v) is 8.02. The van der Waals surface area contributed by atoms with Crippen LogP contribution < -0.4 is 5.32 Å². The lowest BCUT2D eigenvalue weighted by atomic mass is 10.1. The maximum absolute atomic E-state index is 9.98. The molecule has 1 aromatic rings. The molecule has 1 aliphatic rings. The van der Waals surface area contributed by atoms with Gasteiger partial charge in [0.1, 0.15) is 0 Å². The number of hydrogen-bond donors (Lipinski definition) is 2. The Morgan fingerprint density at radius 1 is 1.29 bits per heavy atom. The van der Waals surface area contributed by atoms with Gasteiger partial charge in [0.05, 0.1) is 9.89 Å². The quantitative estimate of drug-likeness (QED) is 0.835. The number of halogens is 1. The van der Waals surface area contributed by atoms with E-state index in [9.17, 15) is 5.11 Å². The summed E-state index contributed by atoms with van der Waals surface area (Å²) in [6.07, 6.45) is 6.69. The fourth-order valence-corrected chi connectivity index (χ4v) is 3.88. The molecule has 0 spiro atoms. The lowest BCUT2D eigenvalue weighted by molar-refractivity contribution is 0.120. The molecule has 4 heteroatoms. The Kier molecular flexibility index (Phi) is 5.48. The fourth-order valence-electron chi connectivity index (χ4n) is 2.39. The van der Waals surface area contributed by atoms with Crippen molar-refractivity contribution in [1.82, 2.24) is 5.32 Å². The van der Waals surface area contributed by atoms with E-state index in [0.717, 1.165) is 25.8 Å². The predicted molar refractivity (Wildman–Crippen MR) is 76.6 cm³/mol. The zero-order valence-electron chi connectivity index (χ0n) is 9.99. The molecule has 1 heterocycles. The van der Waals surface area contributed by atoms with Gasteiger partial charge in [0, 0.05) is 17.5 Å². The lowest BCUT2D eigenvalue weighted by Crippen LogP contribution is -2.40. The van der Waals surface area contributed by atoms with E-state index in [1.807, 2.05) is 0 Å². The molecule has 2 rings (SSSR count). The van der Waals surface area contributed by atoms with Gasteiger partial charge in [-0.2, -0.15) is 0 Å². The highest BCUT2D eigenvalue weighted by Gasteiger charge is 2.20. The van der Waals surface area contributed by atoms with Crippen molar-refractivity contribution in [2.45, 2.75) is 50.7 Å². The Bertz CT molecular complexity index is 342. The molecule has 0 bridgehead atoms. The second-order valence-corrected chi connectivity index (χ2v) is 7.27. The standard InChI is InChI=1S/C13H20BrNOS/c14-13-7-6-10(17-13)8-9-15-11-4-2-1-3-5-12(11)16/h6-7,11-12,15-16H,1-5,8-9H2. The highest BCUT2D eigenvalue weighted by atomic mass is 79.9. The first kappa shape index (κ1) is 13.5. The topological polar surface area (TPSA) is 32.3 Å². The summed E-state index contributed by atoms with van der Waals surface area (Å²) >= 11 is 5.27. The van der Waals surface area contributed by atoms with E-state index in [-0.39, 0.29) is 6.10 Å². The molecule has 1 fully saturated rings. The molecule has 0 aromatic carbocycles. The Balaban J connectivity index is 1.73. The molecule has 0 radical (unpaired) electrons. The summed E-state index contributed by atoms with van der Waals surface area (Å²) in [6, 6.07) is 4.57. The van der Waals surface area contributed by atoms with Crippen LogP contribution in [0.3, 0.4) is 0 Å². The van der Waals surface area contributed by atoms with Gasteiger partial charge in [-0.05, 0) is 47.3 Å². The molecule has 17 heavy (non-hydrogen) atoms. The average Bonchev–Trinajstić information content (AvgIpc) is 2.61. The van der Waals surface area contributed by atoms with Gasteiger partial charge in [-0.15, -0.1) is 11.3 Å². The van der Waals surface area contributed by atoms with Gasteiger partial charge >= 0.3 is 0 Å². The highest BCUT2D eigenvalue weighted by Crippen LogP contribution is 2.22. The van der Waals surface area contributed by atoms with Crippen LogP contribution in [0.25, 0.3) is 0 Å². The van der Waals surface area contributed by atoms with E-state index in [4.69, 9.17) is 0 Å². The number of aliphatic hydroxyl groups is 1. The summed E-state index contributed by atoms with van der Waals surface area (Å²) in [5, 5.41) is 13.5. The Labute approximate surface area is 116 Å². The number of aliphatic hydroxyl groups excluding tert-OH is 1. The number of nitrogens with one attached hydrogen (secondary N) is 1. The van der Waals surface area contributed by atoms with E-state index >= 15 is 0 Å². The van der Waals surface area contributed by atoms with Crippen LogP contribution in [0.15, 0.2) is 15.9 Å². The molecule has 1 aromatic heterocycles. The Morgan fingerprint density at radius 2 is 2.12 bits per heavy atom. The zero-order chi connectivity index (χ0) is 12.1. The van der Waals surface area contributed by atoms with Crippen molar-refractivity contribution in [2.75, 3.05) is 6.54 Å². The first-order valence-electron chi connectivity index (χ1n) is 6.41. The van der Waals surface area contributed by atoms with Crippen molar-refractivity contribution < 1.29 is 5.11 Å². The third-order valence-electron chi connectivity index (χ3n) is 3.39. The number of hydrogen-bond acceptors (Lipinski definition) is 3. The van der Waals surface area contributed by atoms with Crippen LogP contribution in [0.2, 0.25) is 0 Å². The molecular weight excluding hydrogens is 298 g/mol. The van der Waals surface area contributed by atoms with Gasteiger partial charge in [0.15, 0.2) is 0 Å². The van der Waals surface area contributed by atoms with Crippen LogP contribution >= 0.6 is 27.3 Å². The van der Waals surface area contributed by atoms with Crippen molar-refractivity contribution in [3.8, 4) is 0 Å². The molecule has 0 amide bonds. The SMILES string of the molecule is OC1CCCCCC1NCCc1ccc(Br)s1. The summed E-state index contributed by atoms with van der Waals surface area (Å²) in [6.45, 7) is 0.967. The average molecular weight is 318 g/mol. The van der Waals surface area contributed by atoms with Crippen molar-refractivity contribution in [3.05, 3.63) is 20.8 Å². The molecule has 0 saturated heterocycles. The number of thiophene rings is 1. The molecule has 2 nitrogen and oxygen atoms in total. The summed E-state index contributed by atoms with van der Waals surface area (Å²) in [4.78, 5) is 1.40. The van der Waals surface area contributed by atoms with Gasteiger partial charge in [-0.3, -0.25) is 0 Å². The molecule has 96 valence electrons. The van der Waals surface area contributed by atoms with Gasteiger partial charge in [0.2, 0.25) is 0 Å². The van der Waals surface area contributed by atoms with Gasteiger partial charge < -0.3 is 10.4 Å². The minimum atomic E-state index is -0.146. The first-order chi connectivity index (χ1) is 8.25. The van der Waals surface area contributed by atoms with Crippen molar-refractivity contribution >= 4 is 27.3 Å². The molecule has 2 N–H and O–H groups in total. The molecule has 1 aliphatic carbocycles. The van der Waals surface area contributed by atoms with Crippen LogP contribution in [0.4, 0.5) is 0 Å². The molecule has 1 saturated carbocycles. The summed E-state index contributed by atoms with van der Waals surface area (Å²) in [5.74, 6) is 0. The minimum absolute atomic E-state index is 0.146. The van der Waals surface area contributed by atoms with Crippen LogP contribution in [0.5, 0.6) is 0 Å². The van der Waals surface area contributed by atoms with E-state index in [1.165, 1.54) is 27.9 Å². The monoisotopic (exact) mass is 317 g/mol. The third-order valence-corrected chi connectivity index (χ3v) is 5.07. The minimum Gasteiger partial charge on any atom is -0.392 e. The summed E-state index contributed by atoms with van der Waals surface area (Å²) < 4.78 is 1.20. The fraction of sp³-hybridized carbons (Fsp3) is 0.692. The Hall–Kier alpha value is 0.1000. The third kappa shape index (κ3) is 4.36. The largest absolute Gasteiger partial charge is 0.392 e. The predicted octanol–water partition coefficient (Wildman–Crippen LogP) is 3.34. The van der Waals surface area contributed by atoms with Crippen LogP contribution in [0, 0.1) is 0 Å².